The Morgan fingerprint density at radius 3 is 2.63 bits per heavy atom. The summed E-state index contributed by atoms with van der Waals surface area (Å²) in [6.45, 7) is 1.65. The molecule has 3 rings (SSSR count). The third-order valence-corrected chi connectivity index (χ3v) is 4.95. The van der Waals surface area contributed by atoms with Crippen LogP contribution in [0.1, 0.15) is 24.0 Å². The molecule has 0 saturated carbocycles. The predicted molar refractivity (Wildman–Crippen MR) is 107 cm³/mol. The molecule has 0 atom stereocenters. The van der Waals surface area contributed by atoms with E-state index in [1.54, 1.807) is 35.2 Å². The lowest BCUT2D eigenvalue weighted by Crippen LogP contribution is -2.28. The quantitative estimate of drug-likeness (QED) is 0.517. The Hall–Kier alpha value is -2.48. The van der Waals surface area contributed by atoms with Crippen molar-refractivity contribution >= 4 is 35.2 Å². The Morgan fingerprint density at radius 1 is 1.19 bits per heavy atom. The van der Waals surface area contributed by atoms with Gasteiger partial charge in [-0.05, 0) is 37.1 Å². The van der Waals surface area contributed by atoms with Gasteiger partial charge in [0, 0.05) is 34.3 Å². The maximum absolute atomic E-state index is 12.5. The van der Waals surface area contributed by atoms with E-state index in [4.69, 9.17) is 27.9 Å². The number of rotatable bonds is 5. The van der Waals surface area contributed by atoms with Crippen LogP contribution >= 0.6 is 23.2 Å². The van der Waals surface area contributed by atoms with Gasteiger partial charge in [0.1, 0.15) is 24.0 Å². The molecule has 1 saturated heterocycles. The van der Waals surface area contributed by atoms with Crippen molar-refractivity contribution in [3.05, 3.63) is 69.2 Å². The van der Waals surface area contributed by atoms with Gasteiger partial charge in [-0.1, -0.05) is 47.5 Å². The zero-order chi connectivity index (χ0) is 19.2. The predicted octanol–water partition coefficient (Wildman–Crippen LogP) is 5.10. The first-order valence-electron chi connectivity index (χ1n) is 8.65. The lowest BCUT2D eigenvalue weighted by atomic mass is 10.1. The number of hydrogen-bond donors (Lipinski definition) is 0. The van der Waals surface area contributed by atoms with Gasteiger partial charge in [-0.2, -0.15) is 5.26 Å². The summed E-state index contributed by atoms with van der Waals surface area (Å²) < 4.78 is 5.89. The highest BCUT2D eigenvalue weighted by atomic mass is 35.5. The number of nitriles is 1. The zero-order valence-corrected chi connectivity index (χ0v) is 16.1. The Labute approximate surface area is 168 Å². The average Bonchev–Trinajstić information content (AvgIpc) is 3.20. The van der Waals surface area contributed by atoms with E-state index in [1.807, 2.05) is 24.3 Å². The molecule has 2 aromatic carbocycles. The van der Waals surface area contributed by atoms with Gasteiger partial charge >= 0.3 is 0 Å². The average molecular weight is 401 g/mol. The fourth-order valence-corrected chi connectivity index (χ4v) is 3.38. The number of amides is 1. The molecule has 0 spiro atoms. The third-order valence-electron chi connectivity index (χ3n) is 4.36. The van der Waals surface area contributed by atoms with Crippen molar-refractivity contribution in [3.8, 4) is 11.8 Å². The number of benzene rings is 2. The molecule has 2 aromatic rings. The number of nitrogens with zero attached hydrogens (tertiary/aromatic N) is 2. The van der Waals surface area contributed by atoms with Gasteiger partial charge in [-0.15, -0.1) is 0 Å². The van der Waals surface area contributed by atoms with E-state index in [9.17, 15) is 10.1 Å². The minimum Gasteiger partial charge on any atom is -0.488 e. The van der Waals surface area contributed by atoms with E-state index < -0.39 is 0 Å². The second-order valence-corrected chi connectivity index (χ2v) is 7.07. The zero-order valence-electron chi connectivity index (χ0n) is 14.6. The molecule has 1 aliphatic heterocycles. The van der Waals surface area contributed by atoms with E-state index >= 15 is 0 Å². The van der Waals surface area contributed by atoms with Crippen LogP contribution in [0.3, 0.4) is 0 Å². The molecule has 1 amide bonds. The number of hydrogen-bond acceptors (Lipinski definition) is 3. The molecule has 1 aliphatic rings. The number of ether oxygens (including phenoxy) is 1. The number of carbonyl (C=O) groups is 1. The van der Waals surface area contributed by atoms with E-state index in [1.165, 1.54) is 0 Å². The lowest BCUT2D eigenvalue weighted by Gasteiger charge is -2.15. The summed E-state index contributed by atoms with van der Waals surface area (Å²) in [4.78, 5) is 14.2. The monoisotopic (exact) mass is 400 g/mol. The van der Waals surface area contributed by atoms with Crippen molar-refractivity contribution in [2.24, 2.45) is 0 Å². The molecule has 27 heavy (non-hydrogen) atoms. The van der Waals surface area contributed by atoms with Crippen molar-refractivity contribution in [1.82, 2.24) is 4.90 Å². The summed E-state index contributed by atoms with van der Waals surface area (Å²) in [7, 11) is 0. The van der Waals surface area contributed by atoms with Gasteiger partial charge in [0.2, 0.25) is 0 Å². The highest BCUT2D eigenvalue weighted by molar-refractivity contribution is 6.35. The third kappa shape index (κ3) is 4.82. The van der Waals surface area contributed by atoms with Crippen LogP contribution in [0.2, 0.25) is 10.0 Å². The fourth-order valence-electron chi connectivity index (χ4n) is 2.91. The summed E-state index contributed by atoms with van der Waals surface area (Å²) in [5.41, 5.74) is 1.58. The van der Waals surface area contributed by atoms with Crippen molar-refractivity contribution in [1.29, 1.82) is 5.26 Å². The molecular weight excluding hydrogens is 383 g/mol. The molecule has 138 valence electrons. The van der Waals surface area contributed by atoms with Crippen LogP contribution in [0, 0.1) is 11.3 Å². The Balaban J connectivity index is 1.80. The van der Waals surface area contributed by atoms with E-state index in [0.717, 1.165) is 18.4 Å². The van der Waals surface area contributed by atoms with Crippen LogP contribution in [0.15, 0.2) is 48.0 Å². The normalized spacial score (nSPS) is 14.1. The van der Waals surface area contributed by atoms with Gasteiger partial charge < -0.3 is 9.64 Å². The van der Waals surface area contributed by atoms with Crippen molar-refractivity contribution in [2.75, 3.05) is 13.1 Å². The summed E-state index contributed by atoms with van der Waals surface area (Å²) in [5.74, 6) is 0.344. The Morgan fingerprint density at radius 2 is 1.93 bits per heavy atom. The van der Waals surface area contributed by atoms with Crippen LogP contribution in [0.4, 0.5) is 0 Å². The van der Waals surface area contributed by atoms with Crippen LogP contribution in [0.5, 0.6) is 5.75 Å². The molecule has 0 bridgehead atoms. The maximum atomic E-state index is 12.5. The molecule has 0 unspecified atom stereocenters. The molecule has 0 radical (unpaired) electrons. The molecule has 0 N–H and O–H groups in total. The summed E-state index contributed by atoms with van der Waals surface area (Å²) in [5, 5.41) is 10.5. The van der Waals surface area contributed by atoms with Gasteiger partial charge in [-0.25, -0.2) is 0 Å². The van der Waals surface area contributed by atoms with Gasteiger partial charge in [0.25, 0.3) is 5.91 Å². The summed E-state index contributed by atoms with van der Waals surface area (Å²) in [6.07, 6.45) is 3.54. The minimum absolute atomic E-state index is 0.109. The first-order valence-corrected chi connectivity index (χ1v) is 9.41. The topological polar surface area (TPSA) is 53.3 Å². The maximum Gasteiger partial charge on any atom is 0.264 e. The molecule has 1 fully saturated rings. The van der Waals surface area contributed by atoms with E-state index in [0.29, 0.717) is 34.4 Å². The molecule has 0 aliphatic carbocycles. The first-order chi connectivity index (χ1) is 13.1. The number of likely N-dealkylation sites (tertiary alicyclic amines) is 1. The number of para-hydroxylation sites is 1. The van der Waals surface area contributed by atoms with E-state index in [2.05, 4.69) is 0 Å². The van der Waals surface area contributed by atoms with Crippen LogP contribution in [-0.2, 0) is 11.4 Å². The van der Waals surface area contributed by atoms with Gasteiger partial charge in [0.15, 0.2) is 0 Å². The van der Waals surface area contributed by atoms with Crippen molar-refractivity contribution in [3.63, 3.8) is 0 Å². The summed E-state index contributed by atoms with van der Waals surface area (Å²) in [6, 6.07) is 14.5. The molecular formula is C21H18Cl2N2O2. The molecule has 0 aromatic heterocycles. The smallest absolute Gasteiger partial charge is 0.264 e. The highest BCUT2D eigenvalue weighted by Crippen LogP contribution is 2.26. The molecule has 1 heterocycles. The summed E-state index contributed by atoms with van der Waals surface area (Å²) >= 11 is 12.1. The van der Waals surface area contributed by atoms with Crippen LogP contribution < -0.4 is 4.74 Å². The second-order valence-electron chi connectivity index (χ2n) is 6.23. The van der Waals surface area contributed by atoms with Gasteiger partial charge in [0.05, 0.1) is 0 Å². The Kier molecular flexibility index (Phi) is 6.39. The lowest BCUT2D eigenvalue weighted by molar-refractivity contribution is -0.125. The molecule has 4 nitrogen and oxygen atoms in total. The van der Waals surface area contributed by atoms with Gasteiger partial charge in [-0.3, -0.25) is 4.79 Å². The Bertz CT molecular complexity index is 913. The number of carbonyl (C=O) groups excluding carboxylic acids is 1. The van der Waals surface area contributed by atoms with Crippen molar-refractivity contribution < 1.29 is 9.53 Å². The second kappa shape index (κ2) is 8.94. The van der Waals surface area contributed by atoms with E-state index in [-0.39, 0.29) is 18.1 Å². The molecule has 6 heteroatoms. The number of halogens is 2. The highest BCUT2D eigenvalue weighted by Gasteiger charge is 2.21. The standard InChI is InChI=1S/C21H18Cl2N2O2/c22-18-8-7-16(19(23)12-18)14-27-20-6-2-1-5-15(20)11-17(13-24)21(26)25-9-3-4-10-25/h1-2,5-8,11-12H,3-4,9-10,14H2/b17-11+. The SMILES string of the molecule is N#C/C(=C\c1ccccc1OCc1ccc(Cl)cc1Cl)C(=O)N1CCCC1. The van der Waals surface area contributed by atoms with Crippen LogP contribution in [0.25, 0.3) is 6.08 Å². The fraction of sp³-hybridized carbons (Fsp3) is 0.238. The van der Waals surface area contributed by atoms with Crippen LogP contribution in [-0.4, -0.2) is 23.9 Å². The first kappa shape index (κ1) is 19.3. The largest absolute Gasteiger partial charge is 0.488 e. The minimum atomic E-state index is -0.231. The van der Waals surface area contributed by atoms with Crippen molar-refractivity contribution in [2.45, 2.75) is 19.4 Å².